The predicted octanol–water partition coefficient (Wildman–Crippen LogP) is 6.51. The second-order valence-corrected chi connectivity index (χ2v) is 9.32. The third-order valence-corrected chi connectivity index (χ3v) is 5.92. The number of nitrogens with zero attached hydrogens (tertiary/aromatic N) is 6. The second-order valence-electron chi connectivity index (χ2n) is 9.32. The number of aromatic nitrogens is 3. The van der Waals surface area contributed by atoms with Crippen LogP contribution in [0.1, 0.15) is 50.1 Å². The van der Waals surface area contributed by atoms with Crippen LogP contribution in [0, 0.1) is 18.3 Å². The number of nitrogens with one attached hydrogen (secondary N) is 1. The second kappa shape index (κ2) is 12.6. The maximum absolute atomic E-state index is 13.4. The van der Waals surface area contributed by atoms with Gasteiger partial charge in [0.1, 0.15) is 11.6 Å². The lowest BCUT2D eigenvalue weighted by Gasteiger charge is -2.23. The molecule has 3 aromatic rings. The van der Waals surface area contributed by atoms with Crippen molar-refractivity contribution in [1.82, 2.24) is 15.0 Å². The van der Waals surface area contributed by atoms with Gasteiger partial charge in [-0.3, -0.25) is 0 Å². The Balaban J connectivity index is 0.00000247. The highest BCUT2D eigenvalue weighted by Crippen LogP contribution is 2.35. The summed E-state index contributed by atoms with van der Waals surface area (Å²) in [7, 11) is 5.24. The molecule has 3 rings (SSSR count). The van der Waals surface area contributed by atoms with E-state index in [4.69, 9.17) is 0 Å². The maximum atomic E-state index is 13.4. The SMILES string of the molecule is CC.Cc1c(CCN(C)c2ncccc2C(F)(F)F)nc(N(C)C)nc1Nc1ccc(C(C)(C)C#N)cc1. The van der Waals surface area contributed by atoms with Gasteiger partial charge >= 0.3 is 6.18 Å². The average molecular weight is 528 g/mol. The first-order valence-corrected chi connectivity index (χ1v) is 12.4. The molecule has 2 heterocycles. The van der Waals surface area contributed by atoms with Gasteiger partial charge in [-0.2, -0.15) is 23.4 Å². The highest BCUT2D eigenvalue weighted by Gasteiger charge is 2.35. The van der Waals surface area contributed by atoms with Crippen molar-refractivity contribution in [3.05, 3.63) is 65.0 Å². The first-order chi connectivity index (χ1) is 17.8. The molecule has 0 amide bonds. The molecule has 2 aromatic heterocycles. The fraction of sp³-hybridized carbons (Fsp3) is 0.429. The largest absolute Gasteiger partial charge is 0.419 e. The van der Waals surface area contributed by atoms with Crippen molar-refractivity contribution in [3.8, 4) is 6.07 Å². The van der Waals surface area contributed by atoms with E-state index in [1.54, 1.807) is 11.9 Å². The minimum absolute atomic E-state index is 0.122. The number of halogens is 3. The molecule has 0 unspecified atom stereocenters. The highest BCUT2D eigenvalue weighted by molar-refractivity contribution is 5.62. The molecule has 0 aliphatic heterocycles. The molecule has 10 heteroatoms. The quantitative estimate of drug-likeness (QED) is 0.357. The molecule has 0 spiro atoms. The van der Waals surface area contributed by atoms with Crippen molar-refractivity contribution in [2.45, 2.75) is 52.6 Å². The topological polar surface area (TPSA) is 81.0 Å². The van der Waals surface area contributed by atoms with Gasteiger partial charge in [0.25, 0.3) is 0 Å². The standard InChI is InChI=1S/C26H30F3N7.C2H6/c1-17-21(13-15-36(6)23-20(26(27,28)29)8-7-14-31-23)33-24(35(4)5)34-22(17)32-19-11-9-18(10-12-19)25(2,3)16-30;1-2/h7-12,14H,13,15H2,1-6H3,(H,32,33,34);1-2H3. The molecule has 0 saturated carbocycles. The van der Waals surface area contributed by atoms with Crippen molar-refractivity contribution in [1.29, 1.82) is 5.26 Å². The van der Waals surface area contributed by atoms with Gasteiger partial charge in [-0.1, -0.05) is 26.0 Å². The number of benzene rings is 1. The van der Waals surface area contributed by atoms with Crippen LogP contribution in [-0.4, -0.2) is 42.6 Å². The summed E-state index contributed by atoms with van der Waals surface area (Å²) >= 11 is 0. The third kappa shape index (κ3) is 7.34. The maximum Gasteiger partial charge on any atom is 0.419 e. The van der Waals surface area contributed by atoms with E-state index in [-0.39, 0.29) is 12.4 Å². The molecular formula is C28H36F3N7. The summed E-state index contributed by atoms with van der Waals surface area (Å²) in [6.07, 6.45) is -2.74. The number of rotatable bonds is 8. The summed E-state index contributed by atoms with van der Waals surface area (Å²) in [5, 5.41) is 12.7. The van der Waals surface area contributed by atoms with Gasteiger partial charge in [0.2, 0.25) is 5.95 Å². The zero-order valence-electron chi connectivity index (χ0n) is 23.3. The smallest absolute Gasteiger partial charge is 0.359 e. The van der Waals surface area contributed by atoms with Gasteiger partial charge in [-0.05, 0) is 50.6 Å². The van der Waals surface area contributed by atoms with E-state index in [0.29, 0.717) is 18.2 Å². The van der Waals surface area contributed by atoms with Crippen molar-refractivity contribution in [2.24, 2.45) is 0 Å². The van der Waals surface area contributed by atoms with E-state index >= 15 is 0 Å². The summed E-state index contributed by atoms with van der Waals surface area (Å²) in [6, 6.07) is 12.2. The van der Waals surface area contributed by atoms with E-state index in [2.05, 4.69) is 26.3 Å². The number of likely N-dealkylation sites (N-methyl/N-ethyl adjacent to an activating group) is 1. The van der Waals surface area contributed by atoms with E-state index < -0.39 is 17.2 Å². The van der Waals surface area contributed by atoms with Crippen LogP contribution in [0.25, 0.3) is 0 Å². The Kier molecular flexibility index (Phi) is 10.1. The molecule has 0 aliphatic rings. The van der Waals surface area contributed by atoms with E-state index in [1.165, 1.54) is 17.2 Å². The van der Waals surface area contributed by atoms with Crippen LogP contribution in [0.4, 0.5) is 36.4 Å². The monoisotopic (exact) mass is 527 g/mol. The molecule has 0 bridgehead atoms. The molecular weight excluding hydrogens is 491 g/mol. The van der Waals surface area contributed by atoms with Gasteiger partial charge in [0.15, 0.2) is 0 Å². The molecule has 38 heavy (non-hydrogen) atoms. The Morgan fingerprint density at radius 3 is 2.18 bits per heavy atom. The fourth-order valence-electron chi connectivity index (χ4n) is 3.59. The molecule has 0 aliphatic carbocycles. The van der Waals surface area contributed by atoms with Crippen LogP contribution in [0.2, 0.25) is 0 Å². The lowest BCUT2D eigenvalue weighted by Crippen LogP contribution is -2.26. The lowest BCUT2D eigenvalue weighted by molar-refractivity contribution is -0.137. The normalized spacial score (nSPS) is 11.2. The molecule has 0 radical (unpaired) electrons. The van der Waals surface area contributed by atoms with Crippen molar-refractivity contribution in [3.63, 3.8) is 0 Å². The zero-order valence-corrected chi connectivity index (χ0v) is 23.3. The summed E-state index contributed by atoms with van der Waals surface area (Å²) < 4.78 is 40.3. The average Bonchev–Trinajstić information content (AvgIpc) is 2.89. The van der Waals surface area contributed by atoms with Crippen LogP contribution in [0.3, 0.4) is 0 Å². The van der Waals surface area contributed by atoms with Crippen LogP contribution < -0.4 is 15.1 Å². The van der Waals surface area contributed by atoms with Gasteiger partial charge in [-0.25, -0.2) is 9.97 Å². The first kappa shape index (κ1) is 30.4. The Hall–Kier alpha value is -3.87. The molecule has 1 N–H and O–H groups in total. The number of anilines is 4. The van der Waals surface area contributed by atoms with Crippen LogP contribution in [-0.2, 0) is 18.0 Å². The van der Waals surface area contributed by atoms with Gasteiger partial charge < -0.3 is 15.1 Å². The predicted molar refractivity (Wildman–Crippen MR) is 147 cm³/mol. The molecule has 0 atom stereocenters. The number of hydrogen-bond donors (Lipinski definition) is 1. The Bertz CT molecular complexity index is 1250. The van der Waals surface area contributed by atoms with Crippen molar-refractivity contribution in [2.75, 3.05) is 42.8 Å². The summed E-state index contributed by atoms with van der Waals surface area (Å²) in [4.78, 5) is 16.5. The van der Waals surface area contributed by atoms with Gasteiger partial charge in [0.05, 0.1) is 22.7 Å². The molecule has 0 saturated heterocycles. The highest BCUT2D eigenvalue weighted by atomic mass is 19.4. The van der Waals surface area contributed by atoms with Crippen LogP contribution in [0.5, 0.6) is 0 Å². The van der Waals surface area contributed by atoms with E-state index in [1.807, 2.05) is 73.0 Å². The summed E-state index contributed by atoms with van der Waals surface area (Å²) in [6.45, 7) is 9.88. The minimum Gasteiger partial charge on any atom is -0.359 e. The number of pyridine rings is 1. The van der Waals surface area contributed by atoms with Gasteiger partial charge in [0, 0.05) is 51.6 Å². The van der Waals surface area contributed by atoms with Crippen LogP contribution in [0.15, 0.2) is 42.6 Å². The van der Waals surface area contributed by atoms with E-state index in [0.717, 1.165) is 28.6 Å². The van der Waals surface area contributed by atoms with E-state index in [9.17, 15) is 18.4 Å². The first-order valence-electron chi connectivity index (χ1n) is 12.4. The Morgan fingerprint density at radius 1 is 1.00 bits per heavy atom. The number of alkyl halides is 3. The summed E-state index contributed by atoms with van der Waals surface area (Å²) in [5.74, 6) is 0.965. The summed E-state index contributed by atoms with van der Waals surface area (Å²) in [5.41, 5.74) is 1.85. The minimum atomic E-state index is -4.49. The Labute approximate surface area is 223 Å². The molecule has 204 valence electrons. The molecule has 0 fully saturated rings. The number of nitriles is 1. The van der Waals surface area contributed by atoms with Gasteiger partial charge in [-0.15, -0.1) is 0 Å². The number of hydrogen-bond acceptors (Lipinski definition) is 7. The molecule has 7 nitrogen and oxygen atoms in total. The van der Waals surface area contributed by atoms with Crippen LogP contribution >= 0.6 is 0 Å². The van der Waals surface area contributed by atoms with Crippen molar-refractivity contribution < 1.29 is 13.2 Å². The zero-order chi connectivity index (χ0) is 28.7. The lowest BCUT2D eigenvalue weighted by atomic mass is 9.86. The Morgan fingerprint density at radius 2 is 1.63 bits per heavy atom. The fourth-order valence-corrected chi connectivity index (χ4v) is 3.59. The third-order valence-electron chi connectivity index (χ3n) is 5.92. The van der Waals surface area contributed by atoms with Crippen molar-refractivity contribution >= 4 is 23.3 Å². The molecule has 1 aromatic carbocycles.